The lowest BCUT2D eigenvalue weighted by Gasteiger charge is -2.28. The van der Waals surface area contributed by atoms with Crippen molar-refractivity contribution in [1.82, 2.24) is 29.2 Å². The number of carbonyl (C=O) groups is 1. The third kappa shape index (κ3) is 6.04. The van der Waals surface area contributed by atoms with E-state index >= 15 is 0 Å². The summed E-state index contributed by atoms with van der Waals surface area (Å²) in [6.07, 6.45) is 4.07. The topological polar surface area (TPSA) is 108 Å². The van der Waals surface area contributed by atoms with Crippen molar-refractivity contribution in [1.29, 1.82) is 0 Å². The molecule has 1 aromatic carbocycles. The van der Waals surface area contributed by atoms with Crippen LogP contribution >= 0.6 is 23.2 Å². The Kier molecular flexibility index (Phi) is 8.48. The van der Waals surface area contributed by atoms with Gasteiger partial charge in [0, 0.05) is 52.1 Å². The Labute approximate surface area is 279 Å². The number of aryl methyl sites for hydroxylation is 1. The predicted molar refractivity (Wildman–Crippen MR) is 186 cm³/mol. The van der Waals surface area contributed by atoms with Crippen LogP contribution in [0.2, 0.25) is 35.9 Å². The molecule has 3 aromatic heterocycles. The van der Waals surface area contributed by atoms with Crippen molar-refractivity contribution in [2.75, 3.05) is 11.5 Å². The molecular formula is C32H43Cl2N7O4Si. The number of hydrogen-bond donors (Lipinski definition) is 1. The van der Waals surface area contributed by atoms with E-state index in [0.717, 1.165) is 25.3 Å². The largest absolute Gasteiger partial charge is 0.444 e. The second-order valence-electron chi connectivity index (χ2n) is 14.8. The third-order valence-electron chi connectivity index (χ3n) is 8.93. The van der Waals surface area contributed by atoms with Gasteiger partial charge in [0.05, 0.1) is 33.4 Å². The standard InChI is InChI=1S/C32H43Cl2N7O4Si/c1-32(2,3)45-31(43)35-22-15-18-9-12-23(22)41(18)30-36-28-24(29(42)38(30)4)20(16-40(28)17-44-13-14-46(6,7)8)19-10-11-21-25(26(19)33)27(34)39(5)37-21/h10-11,16,18,22-23H,9,12-15,17H2,1-8H3,(H,35,43)/t18-,22+,23+/m0/s1. The van der Waals surface area contributed by atoms with Crippen LogP contribution in [0.15, 0.2) is 23.1 Å². The number of anilines is 1. The summed E-state index contributed by atoms with van der Waals surface area (Å²) in [6, 6.07) is 4.78. The summed E-state index contributed by atoms with van der Waals surface area (Å²) in [7, 11) is 2.22. The van der Waals surface area contributed by atoms with Crippen LogP contribution in [-0.2, 0) is 30.3 Å². The first-order chi connectivity index (χ1) is 21.5. The van der Waals surface area contributed by atoms with Gasteiger partial charge in [-0.2, -0.15) is 10.1 Å². The Bertz CT molecular complexity index is 1890. The van der Waals surface area contributed by atoms with Gasteiger partial charge in [-0.1, -0.05) is 48.9 Å². The van der Waals surface area contributed by atoms with Gasteiger partial charge < -0.3 is 24.3 Å². The molecule has 4 aromatic rings. The van der Waals surface area contributed by atoms with Gasteiger partial charge in [0.1, 0.15) is 17.5 Å². The number of hydrogen-bond acceptors (Lipinski definition) is 7. The second kappa shape index (κ2) is 11.9. The minimum atomic E-state index is -1.30. The normalized spacial score (nSPS) is 20.0. The number of aromatic nitrogens is 5. The molecule has 2 saturated heterocycles. The summed E-state index contributed by atoms with van der Waals surface area (Å²) >= 11 is 13.6. The SMILES string of the molecule is Cn1nc2ccc(-c3cn(COCC[Si](C)(C)C)c4nc(N5[C@H]6CC[C@@H]5[C@H](NC(=O)OC(C)(C)C)C6)n(C)c(=O)c34)c(Cl)c2c1Cl. The summed E-state index contributed by atoms with van der Waals surface area (Å²) in [5, 5.41) is 9.47. The molecule has 0 saturated carbocycles. The number of amides is 1. The zero-order chi connectivity index (χ0) is 33.3. The highest BCUT2D eigenvalue weighted by molar-refractivity contribution is 6.76. The Morgan fingerprint density at radius 1 is 1.11 bits per heavy atom. The molecule has 248 valence electrons. The van der Waals surface area contributed by atoms with Gasteiger partial charge in [0.15, 0.2) is 5.65 Å². The van der Waals surface area contributed by atoms with Crippen LogP contribution in [0, 0.1) is 0 Å². The fourth-order valence-corrected chi connectivity index (χ4v) is 8.10. The molecule has 46 heavy (non-hydrogen) atoms. The molecule has 0 unspecified atom stereocenters. The van der Waals surface area contributed by atoms with Crippen LogP contribution in [0.5, 0.6) is 0 Å². The van der Waals surface area contributed by atoms with Crippen molar-refractivity contribution in [2.45, 2.75) is 96.2 Å². The zero-order valence-electron chi connectivity index (χ0n) is 27.8. The van der Waals surface area contributed by atoms with Gasteiger partial charge in [0.25, 0.3) is 5.56 Å². The van der Waals surface area contributed by atoms with E-state index in [4.69, 9.17) is 37.7 Å². The van der Waals surface area contributed by atoms with E-state index in [9.17, 15) is 9.59 Å². The van der Waals surface area contributed by atoms with Gasteiger partial charge in [-0.3, -0.25) is 14.0 Å². The van der Waals surface area contributed by atoms with E-state index in [0.29, 0.717) is 55.8 Å². The fourth-order valence-electron chi connectivity index (χ4n) is 6.71. The lowest BCUT2D eigenvalue weighted by Crippen LogP contribution is -2.46. The zero-order valence-corrected chi connectivity index (χ0v) is 30.3. The Hall–Kier alpha value is -3.06. The molecule has 1 amide bonds. The Morgan fingerprint density at radius 2 is 1.85 bits per heavy atom. The molecule has 0 radical (unpaired) electrons. The highest BCUT2D eigenvalue weighted by Crippen LogP contribution is 2.43. The number of ether oxygens (including phenoxy) is 2. The predicted octanol–water partition coefficient (Wildman–Crippen LogP) is 6.54. The van der Waals surface area contributed by atoms with Crippen LogP contribution < -0.4 is 15.8 Å². The number of halogens is 2. The molecule has 5 heterocycles. The number of fused-ring (bicyclic) bond motifs is 4. The van der Waals surface area contributed by atoms with Crippen LogP contribution in [0.25, 0.3) is 33.1 Å². The van der Waals surface area contributed by atoms with Crippen LogP contribution in [0.3, 0.4) is 0 Å². The lowest BCUT2D eigenvalue weighted by atomic mass is 9.96. The number of nitrogens with zero attached hydrogens (tertiary/aromatic N) is 6. The number of nitrogens with one attached hydrogen (secondary N) is 1. The summed E-state index contributed by atoms with van der Waals surface area (Å²) in [6.45, 7) is 13.4. The highest BCUT2D eigenvalue weighted by Gasteiger charge is 2.49. The van der Waals surface area contributed by atoms with E-state index in [2.05, 4.69) is 35.0 Å². The maximum Gasteiger partial charge on any atom is 0.407 e. The van der Waals surface area contributed by atoms with Gasteiger partial charge in [0.2, 0.25) is 5.95 Å². The van der Waals surface area contributed by atoms with E-state index in [-0.39, 0.29) is 30.4 Å². The Balaban J connectivity index is 1.43. The molecule has 0 aliphatic carbocycles. The van der Waals surface area contributed by atoms with Crippen molar-refractivity contribution >= 4 is 65.3 Å². The molecule has 1 N–H and O–H groups in total. The molecule has 14 heteroatoms. The van der Waals surface area contributed by atoms with Gasteiger partial charge in [-0.25, -0.2) is 4.79 Å². The number of alkyl carbamates (subject to hydrolysis) is 1. The van der Waals surface area contributed by atoms with Crippen molar-refractivity contribution in [3.05, 3.63) is 38.9 Å². The second-order valence-corrected chi connectivity index (χ2v) is 21.1. The fraction of sp³-hybridized carbons (Fsp3) is 0.562. The van der Waals surface area contributed by atoms with E-state index in [1.807, 2.05) is 43.7 Å². The molecule has 2 aliphatic heterocycles. The first kappa shape index (κ1) is 32.9. The number of benzene rings is 1. The smallest absolute Gasteiger partial charge is 0.407 e. The first-order valence-corrected chi connectivity index (χ1v) is 20.3. The quantitative estimate of drug-likeness (QED) is 0.165. The van der Waals surface area contributed by atoms with Crippen molar-refractivity contribution in [3.63, 3.8) is 0 Å². The number of rotatable bonds is 8. The molecule has 6 rings (SSSR count). The molecule has 0 spiro atoms. The molecule has 2 fully saturated rings. The summed E-state index contributed by atoms with van der Waals surface area (Å²) in [4.78, 5) is 34.4. The van der Waals surface area contributed by atoms with E-state index < -0.39 is 19.8 Å². The van der Waals surface area contributed by atoms with Gasteiger partial charge >= 0.3 is 6.09 Å². The summed E-state index contributed by atoms with van der Waals surface area (Å²) in [5.41, 5.74) is 1.75. The van der Waals surface area contributed by atoms with Crippen molar-refractivity contribution in [3.8, 4) is 11.1 Å². The van der Waals surface area contributed by atoms with Crippen LogP contribution in [0.4, 0.5) is 10.7 Å². The monoisotopic (exact) mass is 687 g/mol. The highest BCUT2D eigenvalue weighted by atomic mass is 35.5. The molecule has 11 nitrogen and oxygen atoms in total. The number of carbonyl (C=O) groups excluding carboxylic acids is 1. The minimum absolute atomic E-state index is 0.00600. The first-order valence-electron chi connectivity index (χ1n) is 15.8. The maximum atomic E-state index is 14.3. The van der Waals surface area contributed by atoms with E-state index in [1.165, 1.54) is 0 Å². The Morgan fingerprint density at radius 3 is 2.54 bits per heavy atom. The lowest BCUT2D eigenvalue weighted by molar-refractivity contribution is 0.0497. The third-order valence-corrected chi connectivity index (χ3v) is 11.5. The van der Waals surface area contributed by atoms with Gasteiger partial charge in [-0.05, 0) is 52.1 Å². The van der Waals surface area contributed by atoms with E-state index in [1.54, 1.807) is 23.3 Å². The molecule has 2 aliphatic rings. The van der Waals surface area contributed by atoms with Crippen LogP contribution in [0.1, 0.15) is 40.0 Å². The van der Waals surface area contributed by atoms with Crippen molar-refractivity contribution < 1.29 is 14.3 Å². The average molecular weight is 689 g/mol. The van der Waals surface area contributed by atoms with Crippen LogP contribution in [-0.4, -0.2) is 68.4 Å². The molecule has 2 bridgehead atoms. The van der Waals surface area contributed by atoms with Crippen molar-refractivity contribution in [2.24, 2.45) is 14.1 Å². The molecule has 3 atom stereocenters. The average Bonchev–Trinajstić information content (AvgIpc) is 3.68. The minimum Gasteiger partial charge on any atom is -0.444 e. The molecular weight excluding hydrogens is 645 g/mol. The summed E-state index contributed by atoms with van der Waals surface area (Å²) < 4.78 is 16.8. The maximum absolute atomic E-state index is 14.3. The van der Waals surface area contributed by atoms with Gasteiger partial charge in [-0.15, -0.1) is 0 Å². The summed E-state index contributed by atoms with van der Waals surface area (Å²) in [5.74, 6) is 0.573.